The molecule has 0 aliphatic heterocycles. The minimum absolute atomic E-state index is 0.436. The fourth-order valence-corrected chi connectivity index (χ4v) is 2.44. The summed E-state index contributed by atoms with van der Waals surface area (Å²) in [6.45, 7) is 0. The molecule has 0 amide bonds. The summed E-state index contributed by atoms with van der Waals surface area (Å²) in [6.07, 6.45) is 0.891. The first-order valence-corrected chi connectivity index (χ1v) is 7.07. The average Bonchev–Trinajstić information content (AvgIpc) is 2.61. The van der Waals surface area contributed by atoms with Crippen molar-refractivity contribution in [3.05, 3.63) is 47.5 Å². The van der Waals surface area contributed by atoms with Gasteiger partial charge in [0.1, 0.15) is 6.29 Å². The van der Waals surface area contributed by atoms with E-state index in [1.807, 2.05) is 12.1 Å². The highest BCUT2D eigenvalue weighted by Crippen LogP contribution is 2.35. The Kier molecular flexibility index (Phi) is 5.46. The van der Waals surface area contributed by atoms with Crippen molar-refractivity contribution >= 4 is 6.29 Å². The Morgan fingerprint density at radius 1 is 0.696 bits per heavy atom. The van der Waals surface area contributed by atoms with Crippen LogP contribution in [0.1, 0.15) is 17.0 Å². The van der Waals surface area contributed by atoms with Gasteiger partial charge in [0.05, 0.1) is 34.4 Å². The van der Waals surface area contributed by atoms with Gasteiger partial charge in [0.25, 0.3) is 0 Å². The topological polar surface area (TPSA) is 54.0 Å². The molecule has 5 heteroatoms. The maximum absolute atomic E-state index is 11.7. The van der Waals surface area contributed by atoms with E-state index in [1.54, 1.807) is 52.7 Å². The highest BCUT2D eigenvalue weighted by molar-refractivity contribution is 5.70. The van der Waals surface area contributed by atoms with E-state index < -0.39 is 5.92 Å². The van der Waals surface area contributed by atoms with Crippen molar-refractivity contribution in [3.8, 4) is 23.0 Å². The first-order valence-electron chi connectivity index (χ1n) is 7.07. The van der Waals surface area contributed by atoms with Gasteiger partial charge in [-0.25, -0.2) is 0 Å². The van der Waals surface area contributed by atoms with Gasteiger partial charge >= 0.3 is 0 Å². The monoisotopic (exact) mass is 316 g/mol. The van der Waals surface area contributed by atoms with Crippen molar-refractivity contribution in [1.29, 1.82) is 0 Å². The van der Waals surface area contributed by atoms with Gasteiger partial charge in [-0.3, -0.25) is 0 Å². The summed E-state index contributed by atoms with van der Waals surface area (Å²) in [5.74, 6) is 1.96. The molecule has 0 bridgehead atoms. The number of rotatable bonds is 7. The van der Waals surface area contributed by atoms with Gasteiger partial charge in [-0.15, -0.1) is 0 Å². The highest BCUT2D eigenvalue weighted by Gasteiger charge is 2.18. The minimum Gasteiger partial charge on any atom is -0.493 e. The van der Waals surface area contributed by atoms with E-state index in [0.717, 1.165) is 17.4 Å². The van der Waals surface area contributed by atoms with Crippen molar-refractivity contribution in [2.75, 3.05) is 28.4 Å². The van der Waals surface area contributed by atoms with Crippen molar-refractivity contribution in [2.45, 2.75) is 5.92 Å². The van der Waals surface area contributed by atoms with Crippen LogP contribution in [-0.2, 0) is 4.79 Å². The quantitative estimate of drug-likeness (QED) is 0.735. The number of hydrogen-bond donors (Lipinski definition) is 0. The number of carbonyl (C=O) groups is 1. The van der Waals surface area contributed by atoms with Crippen LogP contribution in [0.15, 0.2) is 36.4 Å². The number of hydrogen-bond acceptors (Lipinski definition) is 5. The molecule has 122 valence electrons. The molecule has 0 heterocycles. The number of aldehydes is 1. The molecule has 0 saturated heterocycles. The molecule has 0 spiro atoms. The third kappa shape index (κ3) is 3.39. The summed E-state index contributed by atoms with van der Waals surface area (Å²) in [4.78, 5) is 11.7. The van der Waals surface area contributed by atoms with Crippen LogP contribution in [-0.4, -0.2) is 34.7 Å². The van der Waals surface area contributed by atoms with Gasteiger partial charge in [0, 0.05) is 0 Å². The Labute approximate surface area is 135 Å². The lowest BCUT2D eigenvalue weighted by atomic mass is 9.92. The zero-order valence-corrected chi connectivity index (χ0v) is 13.7. The molecule has 2 aromatic carbocycles. The van der Waals surface area contributed by atoms with Gasteiger partial charge in [-0.2, -0.15) is 0 Å². The smallest absolute Gasteiger partial charge is 0.161 e. The molecule has 0 aliphatic rings. The fourth-order valence-electron chi connectivity index (χ4n) is 2.44. The third-order valence-corrected chi connectivity index (χ3v) is 3.67. The van der Waals surface area contributed by atoms with Gasteiger partial charge in [0.15, 0.2) is 23.0 Å². The molecule has 0 N–H and O–H groups in total. The van der Waals surface area contributed by atoms with Crippen molar-refractivity contribution in [3.63, 3.8) is 0 Å². The summed E-state index contributed by atoms with van der Waals surface area (Å²) in [7, 11) is 6.27. The Morgan fingerprint density at radius 3 is 1.39 bits per heavy atom. The first kappa shape index (κ1) is 16.7. The third-order valence-electron chi connectivity index (χ3n) is 3.67. The van der Waals surface area contributed by atoms with Crippen LogP contribution in [0, 0.1) is 0 Å². The van der Waals surface area contributed by atoms with Crippen LogP contribution in [0.5, 0.6) is 23.0 Å². The van der Waals surface area contributed by atoms with Crippen LogP contribution in [0.25, 0.3) is 0 Å². The summed E-state index contributed by atoms with van der Waals surface area (Å²) in [6, 6.07) is 10.9. The van der Waals surface area contributed by atoms with Gasteiger partial charge in [-0.1, -0.05) is 12.1 Å². The second-order valence-electron chi connectivity index (χ2n) is 4.84. The number of methoxy groups -OCH3 is 4. The Hall–Kier alpha value is -2.69. The van der Waals surface area contributed by atoms with E-state index >= 15 is 0 Å². The molecule has 2 rings (SSSR count). The molecule has 0 saturated carbocycles. The minimum atomic E-state index is -0.436. The Morgan fingerprint density at radius 2 is 1.09 bits per heavy atom. The van der Waals surface area contributed by atoms with E-state index in [1.165, 1.54) is 0 Å². The molecule has 0 atom stereocenters. The van der Waals surface area contributed by atoms with E-state index in [4.69, 9.17) is 18.9 Å². The number of benzene rings is 2. The highest BCUT2D eigenvalue weighted by atomic mass is 16.5. The van der Waals surface area contributed by atoms with Crippen LogP contribution in [0.2, 0.25) is 0 Å². The molecular formula is C18H20O5. The van der Waals surface area contributed by atoms with E-state index in [-0.39, 0.29) is 0 Å². The lowest BCUT2D eigenvalue weighted by molar-refractivity contribution is -0.108. The van der Waals surface area contributed by atoms with E-state index in [9.17, 15) is 4.79 Å². The predicted molar refractivity (Wildman–Crippen MR) is 87.0 cm³/mol. The molecule has 0 aliphatic carbocycles. The van der Waals surface area contributed by atoms with Gasteiger partial charge in [-0.05, 0) is 35.4 Å². The van der Waals surface area contributed by atoms with Crippen LogP contribution in [0.3, 0.4) is 0 Å². The molecular weight excluding hydrogens is 296 g/mol. The lowest BCUT2D eigenvalue weighted by Gasteiger charge is -2.16. The van der Waals surface area contributed by atoms with Crippen molar-refractivity contribution in [2.24, 2.45) is 0 Å². The van der Waals surface area contributed by atoms with Gasteiger partial charge in [0.2, 0.25) is 0 Å². The van der Waals surface area contributed by atoms with Gasteiger partial charge < -0.3 is 23.7 Å². The van der Waals surface area contributed by atoms with Crippen LogP contribution >= 0.6 is 0 Å². The van der Waals surface area contributed by atoms with Crippen molar-refractivity contribution in [1.82, 2.24) is 0 Å². The summed E-state index contributed by atoms with van der Waals surface area (Å²) in [5, 5.41) is 0. The lowest BCUT2D eigenvalue weighted by Crippen LogP contribution is -2.04. The molecule has 5 nitrogen and oxygen atoms in total. The standard InChI is InChI=1S/C18H20O5/c1-20-15-7-5-12(9-17(15)22-3)14(11-19)13-6-8-16(21-2)18(10-13)23-4/h5-11,14H,1-4H3. The summed E-state index contributed by atoms with van der Waals surface area (Å²) >= 11 is 0. The maximum Gasteiger partial charge on any atom is 0.161 e. The summed E-state index contributed by atoms with van der Waals surface area (Å²) < 4.78 is 21.1. The Balaban J connectivity index is 2.45. The van der Waals surface area contributed by atoms with Crippen LogP contribution in [0.4, 0.5) is 0 Å². The molecule has 23 heavy (non-hydrogen) atoms. The molecule has 0 aromatic heterocycles. The predicted octanol–water partition coefficient (Wildman–Crippen LogP) is 3.05. The SMILES string of the molecule is COc1ccc(C(C=O)c2ccc(OC)c(OC)c2)cc1OC. The second-order valence-corrected chi connectivity index (χ2v) is 4.84. The van der Waals surface area contributed by atoms with Crippen molar-refractivity contribution < 1.29 is 23.7 Å². The van der Waals surface area contributed by atoms with E-state index in [2.05, 4.69) is 0 Å². The number of carbonyl (C=O) groups excluding carboxylic acids is 1. The molecule has 2 aromatic rings. The maximum atomic E-state index is 11.7. The average molecular weight is 316 g/mol. The fraction of sp³-hybridized carbons (Fsp3) is 0.278. The van der Waals surface area contributed by atoms with E-state index in [0.29, 0.717) is 23.0 Å². The largest absolute Gasteiger partial charge is 0.493 e. The molecule has 0 radical (unpaired) electrons. The van der Waals surface area contributed by atoms with Crippen LogP contribution < -0.4 is 18.9 Å². The molecule has 0 unspecified atom stereocenters. The molecule has 0 fully saturated rings. The second kappa shape index (κ2) is 7.54. The zero-order chi connectivity index (χ0) is 16.8. The first-order chi connectivity index (χ1) is 11.2. The zero-order valence-electron chi connectivity index (χ0n) is 13.7. The Bertz CT molecular complexity index is 626. The normalized spacial score (nSPS) is 10.3. The number of ether oxygens (including phenoxy) is 4. The summed E-state index contributed by atoms with van der Waals surface area (Å²) in [5.41, 5.74) is 1.62.